The number of halogens is 3. The van der Waals surface area contributed by atoms with Crippen LogP contribution in [0.1, 0.15) is 5.56 Å². The highest BCUT2D eigenvalue weighted by Gasteiger charge is 2.18. The molecule has 0 fully saturated rings. The van der Waals surface area contributed by atoms with E-state index in [-0.39, 0.29) is 0 Å². The van der Waals surface area contributed by atoms with E-state index < -0.39 is 37.8 Å². The second-order valence-electron chi connectivity index (χ2n) is 2.54. The summed E-state index contributed by atoms with van der Waals surface area (Å²) in [6.45, 7) is 0. The monoisotopic (exact) mass is 242 g/mol. The third-order valence-corrected chi connectivity index (χ3v) is 2.44. The van der Waals surface area contributed by atoms with E-state index in [0.29, 0.717) is 0 Å². The first kappa shape index (κ1) is 11.2. The van der Waals surface area contributed by atoms with Gasteiger partial charge in [-0.2, -0.15) is 0 Å². The summed E-state index contributed by atoms with van der Waals surface area (Å²) in [6.07, 6.45) is 0. The lowest BCUT2D eigenvalue weighted by Crippen LogP contribution is -2.01. The van der Waals surface area contributed by atoms with Crippen LogP contribution in [0.5, 0.6) is 5.75 Å². The van der Waals surface area contributed by atoms with Gasteiger partial charge in [-0.3, -0.25) is 0 Å². The number of aromatic hydroxyl groups is 1. The highest BCUT2D eigenvalue weighted by Crippen LogP contribution is 2.24. The number of rotatable bonds is 2. The van der Waals surface area contributed by atoms with Crippen LogP contribution in [0.4, 0.5) is 8.78 Å². The molecular formula is C7H5ClF2O3S. The van der Waals surface area contributed by atoms with Gasteiger partial charge < -0.3 is 5.11 Å². The predicted molar refractivity (Wildman–Crippen MR) is 46.5 cm³/mol. The average molecular weight is 243 g/mol. The minimum atomic E-state index is -4.06. The number of hydrogen-bond donors (Lipinski definition) is 1. The first-order valence-electron chi connectivity index (χ1n) is 3.39. The van der Waals surface area contributed by atoms with Crippen molar-refractivity contribution in [3.63, 3.8) is 0 Å². The summed E-state index contributed by atoms with van der Waals surface area (Å²) in [4.78, 5) is 0. The first-order chi connectivity index (χ1) is 6.31. The van der Waals surface area contributed by atoms with Gasteiger partial charge in [0.25, 0.3) is 0 Å². The fourth-order valence-electron chi connectivity index (χ4n) is 0.890. The molecule has 0 heterocycles. The van der Waals surface area contributed by atoms with E-state index in [1.807, 2.05) is 0 Å². The Bertz CT molecular complexity index is 458. The van der Waals surface area contributed by atoms with Gasteiger partial charge >= 0.3 is 0 Å². The Hall–Kier alpha value is -0.880. The van der Waals surface area contributed by atoms with Crippen molar-refractivity contribution in [2.24, 2.45) is 0 Å². The highest BCUT2D eigenvalue weighted by molar-refractivity contribution is 8.13. The molecule has 7 heteroatoms. The van der Waals surface area contributed by atoms with Gasteiger partial charge in [0.15, 0.2) is 11.6 Å². The zero-order valence-corrected chi connectivity index (χ0v) is 8.24. The Balaban J connectivity index is 3.27. The Kier molecular flexibility index (Phi) is 2.96. The molecule has 0 aliphatic carbocycles. The zero-order valence-electron chi connectivity index (χ0n) is 6.67. The Morgan fingerprint density at radius 1 is 1.36 bits per heavy atom. The molecule has 0 radical (unpaired) electrons. The predicted octanol–water partition coefficient (Wildman–Crippen LogP) is 1.74. The first-order valence-corrected chi connectivity index (χ1v) is 5.87. The maximum atomic E-state index is 13.0. The average Bonchev–Trinajstić information content (AvgIpc) is 2.04. The highest BCUT2D eigenvalue weighted by atomic mass is 35.7. The lowest BCUT2D eigenvalue weighted by molar-refractivity contribution is 0.423. The molecule has 0 bridgehead atoms. The summed E-state index contributed by atoms with van der Waals surface area (Å²) in [5, 5.41) is 8.84. The lowest BCUT2D eigenvalue weighted by atomic mass is 10.2. The SMILES string of the molecule is O=S(=O)(Cl)Cc1c(F)ccc(O)c1F. The van der Waals surface area contributed by atoms with Crippen LogP contribution in [-0.4, -0.2) is 13.5 Å². The van der Waals surface area contributed by atoms with Gasteiger partial charge in [0.05, 0.1) is 5.75 Å². The Morgan fingerprint density at radius 2 is 1.93 bits per heavy atom. The molecule has 78 valence electrons. The second-order valence-corrected chi connectivity index (χ2v) is 5.32. The molecule has 3 nitrogen and oxygen atoms in total. The molecule has 1 aromatic carbocycles. The van der Waals surface area contributed by atoms with Crippen LogP contribution in [0.25, 0.3) is 0 Å². The summed E-state index contributed by atoms with van der Waals surface area (Å²) in [7, 11) is 0.763. The molecule has 0 aromatic heterocycles. The molecular weight excluding hydrogens is 238 g/mol. The second kappa shape index (κ2) is 3.70. The molecule has 0 spiro atoms. The maximum absolute atomic E-state index is 13.0. The summed E-state index contributed by atoms with van der Waals surface area (Å²) in [5.41, 5.74) is -0.764. The van der Waals surface area contributed by atoms with E-state index in [0.717, 1.165) is 12.1 Å². The van der Waals surface area contributed by atoms with Crippen molar-refractivity contribution in [1.29, 1.82) is 0 Å². The van der Waals surface area contributed by atoms with E-state index in [1.165, 1.54) is 0 Å². The van der Waals surface area contributed by atoms with Gasteiger partial charge in [0.1, 0.15) is 5.82 Å². The molecule has 0 aliphatic heterocycles. The molecule has 14 heavy (non-hydrogen) atoms. The van der Waals surface area contributed by atoms with Crippen LogP contribution >= 0.6 is 10.7 Å². The van der Waals surface area contributed by atoms with Gasteiger partial charge in [0, 0.05) is 16.2 Å². The molecule has 1 N–H and O–H groups in total. The van der Waals surface area contributed by atoms with E-state index in [9.17, 15) is 17.2 Å². The van der Waals surface area contributed by atoms with Gasteiger partial charge in [-0.05, 0) is 12.1 Å². The van der Waals surface area contributed by atoms with Crippen LogP contribution in [-0.2, 0) is 14.8 Å². The third kappa shape index (κ3) is 2.55. The molecule has 0 saturated heterocycles. The van der Waals surface area contributed by atoms with Crippen molar-refractivity contribution in [1.82, 2.24) is 0 Å². The molecule has 0 saturated carbocycles. The van der Waals surface area contributed by atoms with Crippen LogP contribution in [0.15, 0.2) is 12.1 Å². The molecule has 0 amide bonds. The van der Waals surface area contributed by atoms with E-state index >= 15 is 0 Å². The number of benzene rings is 1. The maximum Gasteiger partial charge on any atom is 0.236 e. The third-order valence-electron chi connectivity index (χ3n) is 1.48. The molecule has 1 rings (SSSR count). The fourth-order valence-corrected chi connectivity index (χ4v) is 1.83. The number of phenolic OH excluding ortho intramolecular Hbond substituents is 1. The van der Waals surface area contributed by atoms with Crippen molar-refractivity contribution < 1.29 is 22.3 Å². The topological polar surface area (TPSA) is 54.4 Å². The Morgan fingerprint density at radius 3 is 2.43 bits per heavy atom. The normalized spacial score (nSPS) is 11.6. The van der Waals surface area contributed by atoms with Crippen LogP contribution < -0.4 is 0 Å². The quantitative estimate of drug-likeness (QED) is 0.804. The standard InChI is InChI=1S/C7H5ClF2O3S/c8-14(12,13)3-4-5(9)1-2-6(11)7(4)10/h1-2,11H,3H2. The van der Waals surface area contributed by atoms with Crippen LogP contribution in [0, 0.1) is 11.6 Å². The van der Waals surface area contributed by atoms with Gasteiger partial charge in [-0.25, -0.2) is 17.2 Å². The molecule has 1 aromatic rings. The van der Waals surface area contributed by atoms with Crippen molar-refractivity contribution in [2.45, 2.75) is 5.75 Å². The summed E-state index contributed by atoms with van der Waals surface area (Å²) < 4.78 is 47.0. The molecule has 0 unspecified atom stereocenters. The summed E-state index contributed by atoms with van der Waals surface area (Å²) >= 11 is 0. The van der Waals surface area contributed by atoms with E-state index in [4.69, 9.17) is 15.8 Å². The van der Waals surface area contributed by atoms with Crippen LogP contribution in [0.2, 0.25) is 0 Å². The van der Waals surface area contributed by atoms with Crippen LogP contribution in [0.3, 0.4) is 0 Å². The summed E-state index contributed by atoms with van der Waals surface area (Å²) in [5.74, 6) is -4.19. The summed E-state index contributed by atoms with van der Waals surface area (Å²) in [6, 6.07) is 1.55. The smallest absolute Gasteiger partial charge is 0.236 e. The van der Waals surface area contributed by atoms with Crippen molar-refractivity contribution in [3.05, 3.63) is 29.3 Å². The van der Waals surface area contributed by atoms with Gasteiger partial charge in [-0.15, -0.1) is 0 Å². The van der Waals surface area contributed by atoms with E-state index in [1.54, 1.807) is 0 Å². The van der Waals surface area contributed by atoms with E-state index in [2.05, 4.69) is 0 Å². The molecule has 0 atom stereocenters. The minimum Gasteiger partial charge on any atom is -0.505 e. The van der Waals surface area contributed by atoms with Crippen molar-refractivity contribution in [2.75, 3.05) is 0 Å². The lowest BCUT2D eigenvalue weighted by Gasteiger charge is -2.03. The number of hydrogen-bond acceptors (Lipinski definition) is 3. The van der Waals surface area contributed by atoms with Crippen molar-refractivity contribution >= 4 is 19.7 Å². The minimum absolute atomic E-state index is 0.760. The zero-order chi connectivity index (χ0) is 10.9. The fraction of sp³-hybridized carbons (Fsp3) is 0.143. The van der Waals surface area contributed by atoms with Gasteiger partial charge in [-0.1, -0.05) is 0 Å². The van der Waals surface area contributed by atoms with Gasteiger partial charge in [0.2, 0.25) is 9.05 Å². The van der Waals surface area contributed by atoms with Crippen molar-refractivity contribution in [3.8, 4) is 5.75 Å². The molecule has 0 aliphatic rings. The Labute approximate surface area is 83.4 Å². The number of phenols is 1. The largest absolute Gasteiger partial charge is 0.505 e.